The Hall–Kier alpha value is -1.61. The fraction of sp³-hybridized carbons (Fsp3) is 0.154. The van der Waals surface area contributed by atoms with E-state index in [2.05, 4.69) is 44.2 Å². The van der Waals surface area contributed by atoms with E-state index in [4.69, 9.17) is 0 Å². The van der Waals surface area contributed by atoms with Crippen LogP contribution in [0.5, 0.6) is 0 Å². The number of halogens is 2. The van der Waals surface area contributed by atoms with Crippen LogP contribution in [0.1, 0.15) is 42.0 Å². The van der Waals surface area contributed by atoms with Gasteiger partial charge in [0.25, 0.3) is 0 Å². The van der Waals surface area contributed by atoms with E-state index in [1.165, 1.54) is 11.1 Å². The molecule has 154 valence electrons. The molecule has 0 fully saturated rings. The first-order chi connectivity index (χ1) is 13.1. The molecule has 0 unspecified atom stereocenters. The maximum absolute atomic E-state index is 12.2. The molecule has 3 aromatic carbocycles. The summed E-state index contributed by atoms with van der Waals surface area (Å²) in [5.41, 5.74) is 5.23. The van der Waals surface area contributed by atoms with Gasteiger partial charge in [0.1, 0.15) is 5.60 Å². The van der Waals surface area contributed by atoms with E-state index in [9.17, 15) is 5.11 Å². The van der Waals surface area contributed by atoms with Crippen molar-refractivity contribution in [2.75, 3.05) is 0 Å². The Morgan fingerprint density at radius 3 is 1.50 bits per heavy atom. The van der Waals surface area contributed by atoms with Crippen molar-refractivity contribution in [1.82, 2.24) is 0 Å². The number of hydrogen-bond acceptors (Lipinski definition) is 1. The van der Waals surface area contributed by atoms with Crippen LogP contribution in [0.25, 0.3) is 0 Å². The molecule has 3 aromatic rings. The number of allylic oxidation sites excluding steroid dienone is 4. The molecule has 4 rings (SSSR count). The molecule has 1 aliphatic carbocycles. The number of aliphatic hydroxyl groups is 1. The van der Waals surface area contributed by atoms with E-state index in [0.29, 0.717) is 0 Å². The molecule has 0 spiro atoms. The summed E-state index contributed by atoms with van der Waals surface area (Å²) in [4.78, 5) is 0. The van der Waals surface area contributed by atoms with Gasteiger partial charge in [-0.15, -0.1) is 24.8 Å². The van der Waals surface area contributed by atoms with Crippen LogP contribution in [0, 0.1) is 0 Å². The minimum atomic E-state index is -1.20. The van der Waals surface area contributed by atoms with Gasteiger partial charge in [-0.05, 0) is 36.1 Å². The summed E-state index contributed by atoms with van der Waals surface area (Å²) in [6, 6.07) is 28.2. The minimum Gasteiger partial charge on any atom is -0.376 e. The van der Waals surface area contributed by atoms with Gasteiger partial charge in [0.05, 0.1) is 0 Å². The maximum atomic E-state index is 12.2. The molecule has 0 bridgehead atoms. The number of benzene rings is 3. The Morgan fingerprint density at radius 2 is 1.03 bits per heavy atom. The van der Waals surface area contributed by atoms with Crippen molar-refractivity contribution in [3.63, 3.8) is 0 Å². The van der Waals surface area contributed by atoms with E-state index in [1.54, 1.807) is 0 Å². The molecule has 1 nitrogen and oxygen atoms in total. The van der Waals surface area contributed by atoms with E-state index in [1.807, 2.05) is 66.7 Å². The van der Waals surface area contributed by atoms with E-state index < -0.39 is 5.60 Å². The average Bonchev–Trinajstić information content (AvgIpc) is 3.07. The van der Waals surface area contributed by atoms with Gasteiger partial charge in [-0.2, -0.15) is 0 Å². The van der Waals surface area contributed by atoms with Crippen LogP contribution in [-0.4, -0.2) is 5.11 Å². The molecule has 0 saturated heterocycles. The Balaban J connectivity index is 0.00000150. The molecule has 0 atom stereocenters. The van der Waals surface area contributed by atoms with Crippen molar-refractivity contribution in [3.05, 3.63) is 130 Å². The molecule has 4 heteroatoms. The average molecular weight is 473 g/mol. The predicted molar refractivity (Wildman–Crippen MR) is 126 cm³/mol. The Morgan fingerprint density at radius 1 is 0.633 bits per heavy atom. The standard InChI is InChI=1S/C26H24O.2ClH.Ti/c1-19-17-21(18-20(19)2)24-15-9-10-16-25(24)26(27,22-11-5-3-6-12-22)23-13-7-4-8-14-23;;;/h3-18,21,27H,1-2H3;2*1H;. The third kappa shape index (κ3) is 4.82. The van der Waals surface area contributed by atoms with Crippen LogP contribution >= 0.6 is 24.8 Å². The third-order valence-corrected chi connectivity index (χ3v) is 5.57. The summed E-state index contributed by atoms with van der Waals surface area (Å²) in [7, 11) is 0. The summed E-state index contributed by atoms with van der Waals surface area (Å²) in [5, 5.41) is 12.2. The quantitative estimate of drug-likeness (QED) is 0.327. The van der Waals surface area contributed by atoms with Crippen LogP contribution in [-0.2, 0) is 27.3 Å². The monoisotopic (exact) mass is 472 g/mol. The van der Waals surface area contributed by atoms with Gasteiger partial charge in [0.2, 0.25) is 0 Å². The molecule has 30 heavy (non-hydrogen) atoms. The van der Waals surface area contributed by atoms with E-state index in [-0.39, 0.29) is 52.4 Å². The minimum absolute atomic E-state index is 0. The normalized spacial score (nSPS) is 13.3. The summed E-state index contributed by atoms with van der Waals surface area (Å²) in [5.74, 6) is 0.181. The fourth-order valence-electron chi connectivity index (χ4n) is 3.98. The fourth-order valence-corrected chi connectivity index (χ4v) is 3.98. The molecule has 0 saturated carbocycles. The summed E-state index contributed by atoms with van der Waals surface area (Å²) in [6.45, 7) is 4.30. The third-order valence-electron chi connectivity index (χ3n) is 5.57. The predicted octanol–water partition coefficient (Wildman–Crippen LogP) is 6.80. The summed E-state index contributed by atoms with van der Waals surface area (Å²) in [6.07, 6.45) is 4.56. The topological polar surface area (TPSA) is 20.2 Å². The van der Waals surface area contributed by atoms with Gasteiger partial charge in [0, 0.05) is 27.6 Å². The molecule has 0 aromatic heterocycles. The van der Waals surface area contributed by atoms with Gasteiger partial charge in [0.15, 0.2) is 0 Å². The zero-order valence-electron chi connectivity index (χ0n) is 17.1. The molecule has 0 heterocycles. The second-order valence-electron chi connectivity index (χ2n) is 7.25. The second kappa shape index (κ2) is 11.1. The second-order valence-corrected chi connectivity index (χ2v) is 7.25. The number of rotatable bonds is 4. The first-order valence-corrected chi connectivity index (χ1v) is 9.41. The zero-order chi connectivity index (χ0) is 18.9. The van der Waals surface area contributed by atoms with E-state index >= 15 is 0 Å². The Kier molecular flexibility index (Phi) is 9.81. The number of hydrogen-bond donors (Lipinski definition) is 1. The molecule has 0 amide bonds. The van der Waals surface area contributed by atoms with Gasteiger partial charge in [-0.25, -0.2) is 0 Å². The molecular weight excluding hydrogens is 447 g/mol. The van der Waals surface area contributed by atoms with Gasteiger partial charge >= 0.3 is 0 Å². The first-order valence-electron chi connectivity index (χ1n) is 9.41. The van der Waals surface area contributed by atoms with Gasteiger partial charge in [-0.1, -0.05) is 108 Å². The molecule has 0 aliphatic heterocycles. The van der Waals surface area contributed by atoms with Crippen molar-refractivity contribution >= 4 is 24.8 Å². The van der Waals surface area contributed by atoms with Crippen LogP contribution in [0.15, 0.2) is 108 Å². The van der Waals surface area contributed by atoms with Crippen LogP contribution in [0.3, 0.4) is 0 Å². The Labute approximate surface area is 206 Å². The van der Waals surface area contributed by atoms with Gasteiger partial charge < -0.3 is 5.11 Å². The molecule has 0 radical (unpaired) electrons. The summed E-state index contributed by atoms with van der Waals surface area (Å²) >= 11 is 0. The molecular formula is C26H26Cl2OTi. The SMILES string of the molecule is CC1=CC(c2ccccc2C(O)(c2ccccc2)c2ccccc2)C=C1C.Cl.Cl.[Ti]. The smallest absolute Gasteiger partial charge is 0.140 e. The Bertz CT molecular complexity index is 956. The van der Waals surface area contributed by atoms with Crippen molar-refractivity contribution in [2.24, 2.45) is 0 Å². The van der Waals surface area contributed by atoms with E-state index in [0.717, 1.165) is 22.3 Å². The largest absolute Gasteiger partial charge is 0.376 e. The van der Waals surface area contributed by atoms with Crippen molar-refractivity contribution < 1.29 is 26.8 Å². The van der Waals surface area contributed by atoms with Crippen LogP contribution < -0.4 is 0 Å². The van der Waals surface area contributed by atoms with Crippen molar-refractivity contribution in [3.8, 4) is 0 Å². The molecule has 1 N–H and O–H groups in total. The first kappa shape index (κ1) is 26.4. The zero-order valence-corrected chi connectivity index (χ0v) is 20.3. The van der Waals surface area contributed by atoms with Gasteiger partial charge in [-0.3, -0.25) is 0 Å². The van der Waals surface area contributed by atoms with Crippen LogP contribution in [0.4, 0.5) is 0 Å². The summed E-state index contributed by atoms with van der Waals surface area (Å²) < 4.78 is 0. The van der Waals surface area contributed by atoms with Crippen molar-refractivity contribution in [2.45, 2.75) is 25.4 Å². The van der Waals surface area contributed by atoms with Crippen LogP contribution in [0.2, 0.25) is 0 Å². The van der Waals surface area contributed by atoms with Crippen molar-refractivity contribution in [1.29, 1.82) is 0 Å². The molecule has 1 aliphatic rings. The maximum Gasteiger partial charge on any atom is 0.140 e.